The molecule has 0 aliphatic heterocycles. The van der Waals surface area contributed by atoms with Gasteiger partial charge in [0.15, 0.2) is 6.54 Å². The van der Waals surface area contributed by atoms with Gasteiger partial charge in [0.25, 0.3) is 0 Å². The van der Waals surface area contributed by atoms with E-state index in [-0.39, 0.29) is 18.5 Å². The van der Waals surface area contributed by atoms with E-state index < -0.39 is 0 Å². The Labute approximate surface area is 217 Å². The minimum atomic E-state index is -0.212. The first-order valence-corrected chi connectivity index (χ1v) is 14.5. The lowest BCUT2D eigenvalue weighted by atomic mass is 10.0. The Morgan fingerprint density at radius 3 is 1.51 bits per heavy atom. The molecule has 0 spiro atoms. The van der Waals surface area contributed by atoms with Crippen molar-refractivity contribution in [1.82, 2.24) is 4.90 Å². The molecule has 0 rings (SSSR count). The standard InChI is InChI=1S/C29H59N2O4/c1-6-7-8-9-10-11-12-13-14-15-16-17-18-19-20-21-22-28(32)35-26-24-31(4,5)27-29(33)34-25-23-30(2)3/h6-27H2,1-5H3/q+1. The van der Waals surface area contributed by atoms with E-state index in [1.807, 2.05) is 33.1 Å². The van der Waals surface area contributed by atoms with E-state index >= 15 is 0 Å². The van der Waals surface area contributed by atoms with Crippen LogP contribution in [0.15, 0.2) is 0 Å². The Balaban J connectivity index is 3.47. The Kier molecular flexibility index (Phi) is 22.5. The zero-order valence-electron chi connectivity index (χ0n) is 24.1. The van der Waals surface area contributed by atoms with Gasteiger partial charge in [0, 0.05) is 13.0 Å². The average molecular weight is 500 g/mol. The maximum absolute atomic E-state index is 12.0. The van der Waals surface area contributed by atoms with Crippen molar-refractivity contribution in [3.63, 3.8) is 0 Å². The van der Waals surface area contributed by atoms with Crippen molar-refractivity contribution in [2.45, 2.75) is 116 Å². The Bertz CT molecular complexity index is 509. The average Bonchev–Trinajstić information content (AvgIpc) is 2.78. The fraction of sp³-hybridized carbons (Fsp3) is 0.931. The summed E-state index contributed by atoms with van der Waals surface area (Å²) >= 11 is 0. The molecule has 208 valence electrons. The molecule has 0 saturated heterocycles. The molecular weight excluding hydrogens is 440 g/mol. The Hall–Kier alpha value is -1.14. The summed E-state index contributed by atoms with van der Waals surface area (Å²) in [5.74, 6) is -0.333. The Morgan fingerprint density at radius 2 is 1.06 bits per heavy atom. The van der Waals surface area contributed by atoms with E-state index in [2.05, 4.69) is 6.92 Å². The molecule has 0 N–H and O–H groups in total. The van der Waals surface area contributed by atoms with Crippen LogP contribution in [0.3, 0.4) is 0 Å². The van der Waals surface area contributed by atoms with Crippen molar-refractivity contribution in [3.05, 3.63) is 0 Å². The SMILES string of the molecule is CCCCCCCCCCCCCCCCCCC(=O)OCC[N+](C)(C)CC(=O)OCCN(C)C. The van der Waals surface area contributed by atoms with Gasteiger partial charge in [0.1, 0.15) is 19.8 Å². The molecule has 0 atom stereocenters. The van der Waals surface area contributed by atoms with E-state index in [4.69, 9.17) is 9.47 Å². The molecule has 0 heterocycles. The second kappa shape index (κ2) is 23.3. The molecule has 0 aromatic heterocycles. The van der Waals surface area contributed by atoms with Crippen molar-refractivity contribution in [1.29, 1.82) is 0 Å². The van der Waals surface area contributed by atoms with Gasteiger partial charge in [-0.3, -0.25) is 4.79 Å². The number of hydrogen-bond donors (Lipinski definition) is 0. The number of ether oxygens (including phenoxy) is 2. The molecule has 0 aromatic rings. The van der Waals surface area contributed by atoms with Gasteiger partial charge in [-0.25, -0.2) is 4.79 Å². The highest BCUT2D eigenvalue weighted by molar-refractivity contribution is 5.70. The van der Waals surface area contributed by atoms with Gasteiger partial charge < -0.3 is 18.9 Å². The first-order chi connectivity index (χ1) is 16.8. The van der Waals surface area contributed by atoms with Gasteiger partial charge in [-0.15, -0.1) is 0 Å². The topological polar surface area (TPSA) is 55.8 Å². The Morgan fingerprint density at radius 1 is 0.629 bits per heavy atom. The summed E-state index contributed by atoms with van der Waals surface area (Å²) in [4.78, 5) is 25.9. The molecule has 0 unspecified atom stereocenters. The summed E-state index contributed by atoms with van der Waals surface area (Å²) in [6, 6.07) is 0. The fourth-order valence-electron chi connectivity index (χ4n) is 4.11. The largest absolute Gasteiger partial charge is 0.460 e. The molecule has 0 amide bonds. The number of hydrogen-bond acceptors (Lipinski definition) is 5. The summed E-state index contributed by atoms with van der Waals surface area (Å²) in [5, 5.41) is 0. The van der Waals surface area contributed by atoms with Crippen LogP contribution in [0.1, 0.15) is 116 Å². The molecule has 6 nitrogen and oxygen atoms in total. The number of carbonyl (C=O) groups excluding carboxylic acids is 2. The number of quaternary nitrogens is 1. The third kappa shape index (κ3) is 25.8. The molecule has 0 bridgehead atoms. The third-order valence-electron chi connectivity index (χ3n) is 6.55. The predicted octanol–water partition coefficient (Wildman–Crippen LogP) is 6.36. The van der Waals surface area contributed by atoms with Crippen LogP contribution in [0, 0.1) is 0 Å². The second-order valence-corrected chi connectivity index (χ2v) is 11.1. The monoisotopic (exact) mass is 499 g/mol. The normalized spacial score (nSPS) is 11.7. The fourth-order valence-corrected chi connectivity index (χ4v) is 4.11. The molecule has 0 radical (unpaired) electrons. The van der Waals surface area contributed by atoms with E-state index in [0.717, 1.165) is 19.4 Å². The zero-order chi connectivity index (χ0) is 26.2. The van der Waals surface area contributed by atoms with E-state index in [1.165, 1.54) is 89.9 Å². The summed E-state index contributed by atoms with van der Waals surface area (Å²) in [6.45, 7) is 4.63. The summed E-state index contributed by atoms with van der Waals surface area (Å²) in [5.41, 5.74) is 0. The first-order valence-electron chi connectivity index (χ1n) is 14.5. The summed E-state index contributed by atoms with van der Waals surface area (Å²) in [6.07, 6.45) is 21.7. The van der Waals surface area contributed by atoms with Crippen LogP contribution in [0.5, 0.6) is 0 Å². The zero-order valence-corrected chi connectivity index (χ0v) is 24.1. The quantitative estimate of drug-likeness (QED) is 0.0831. The minimum Gasteiger partial charge on any atom is -0.460 e. The number of likely N-dealkylation sites (N-methyl/N-ethyl adjacent to an activating group) is 2. The lowest BCUT2D eigenvalue weighted by Crippen LogP contribution is -2.47. The molecule has 35 heavy (non-hydrogen) atoms. The van der Waals surface area contributed by atoms with Gasteiger partial charge in [0.05, 0.1) is 14.1 Å². The van der Waals surface area contributed by atoms with Crippen LogP contribution in [-0.2, 0) is 19.1 Å². The van der Waals surface area contributed by atoms with Crippen LogP contribution < -0.4 is 0 Å². The lowest BCUT2D eigenvalue weighted by Gasteiger charge is -2.28. The highest BCUT2D eigenvalue weighted by atomic mass is 16.5. The molecule has 0 fully saturated rings. The van der Waals surface area contributed by atoms with E-state index in [0.29, 0.717) is 30.7 Å². The van der Waals surface area contributed by atoms with Crippen molar-refractivity contribution in [3.8, 4) is 0 Å². The minimum absolute atomic E-state index is 0.121. The molecule has 0 aliphatic rings. The second-order valence-electron chi connectivity index (χ2n) is 11.1. The van der Waals surface area contributed by atoms with Crippen LogP contribution in [-0.4, -0.2) is 82.4 Å². The lowest BCUT2D eigenvalue weighted by molar-refractivity contribution is -0.883. The van der Waals surface area contributed by atoms with Crippen LogP contribution in [0.25, 0.3) is 0 Å². The molecule has 0 aliphatic carbocycles. The van der Waals surface area contributed by atoms with Gasteiger partial charge >= 0.3 is 11.9 Å². The van der Waals surface area contributed by atoms with Gasteiger partial charge in [-0.2, -0.15) is 0 Å². The van der Waals surface area contributed by atoms with Crippen LogP contribution >= 0.6 is 0 Å². The predicted molar refractivity (Wildman–Crippen MR) is 146 cm³/mol. The number of carbonyl (C=O) groups is 2. The van der Waals surface area contributed by atoms with Crippen LogP contribution in [0.4, 0.5) is 0 Å². The van der Waals surface area contributed by atoms with Crippen molar-refractivity contribution in [2.24, 2.45) is 0 Å². The smallest absolute Gasteiger partial charge is 0.361 e. The summed E-state index contributed by atoms with van der Waals surface area (Å²) < 4.78 is 11.1. The van der Waals surface area contributed by atoms with Gasteiger partial charge in [-0.1, -0.05) is 103 Å². The van der Waals surface area contributed by atoms with Gasteiger partial charge in [-0.05, 0) is 20.5 Å². The summed E-state index contributed by atoms with van der Waals surface area (Å²) in [7, 11) is 7.80. The number of rotatable bonds is 25. The number of esters is 2. The highest BCUT2D eigenvalue weighted by Crippen LogP contribution is 2.14. The molecule has 0 saturated carbocycles. The van der Waals surface area contributed by atoms with Crippen molar-refractivity contribution >= 4 is 11.9 Å². The molecule has 6 heteroatoms. The van der Waals surface area contributed by atoms with E-state index in [9.17, 15) is 9.59 Å². The maximum Gasteiger partial charge on any atom is 0.361 e. The maximum atomic E-state index is 12.0. The first kappa shape index (κ1) is 33.9. The van der Waals surface area contributed by atoms with Crippen LogP contribution in [0.2, 0.25) is 0 Å². The van der Waals surface area contributed by atoms with Gasteiger partial charge in [0.2, 0.25) is 0 Å². The molecule has 0 aromatic carbocycles. The van der Waals surface area contributed by atoms with Crippen molar-refractivity contribution < 1.29 is 23.5 Å². The number of unbranched alkanes of at least 4 members (excludes halogenated alkanes) is 15. The highest BCUT2D eigenvalue weighted by Gasteiger charge is 2.21. The molecular formula is C29H59N2O4+. The van der Waals surface area contributed by atoms with Crippen molar-refractivity contribution in [2.75, 3.05) is 61.0 Å². The van der Waals surface area contributed by atoms with E-state index in [1.54, 1.807) is 0 Å². The number of nitrogens with zero attached hydrogens (tertiary/aromatic N) is 2. The third-order valence-corrected chi connectivity index (χ3v) is 6.55.